The smallest absolute Gasteiger partial charge is 0.335 e. The number of benzene rings is 2. The summed E-state index contributed by atoms with van der Waals surface area (Å²) >= 11 is 0. The highest BCUT2D eigenvalue weighted by atomic mass is 16.5. The summed E-state index contributed by atoms with van der Waals surface area (Å²) in [7, 11) is 1.50. The molecule has 0 bridgehead atoms. The van der Waals surface area contributed by atoms with Gasteiger partial charge in [-0.05, 0) is 54.3 Å². The number of carbonyl (C=O) groups excluding carboxylic acids is 3. The third-order valence-electron chi connectivity index (χ3n) is 5.60. The molecular weight excluding hydrogens is 394 g/mol. The molecule has 31 heavy (non-hydrogen) atoms. The van der Waals surface area contributed by atoms with Crippen LogP contribution in [0.3, 0.4) is 0 Å². The molecule has 0 aliphatic carbocycles. The fourth-order valence-corrected chi connectivity index (χ4v) is 3.97. The van der Waals surface area contributed by atoms with Gasteiger partial charge < -0.3 is 9.64 Å². The van der Waals surface area contributed by atoms with Crippen LogP contribution < -0.4 is 19.9 Å². The second-order valence-corrected chi connectivity index (χ2v) is 7.64. The van der Waals surface area contributed by atoms with E-state index in [9.17, 15) is 14.4 Å². The molecule has 0 atom stereocenters. The van der Waals surface area contributed by atoms with E-state index in [4.69, 9.17) is 4.74 Å². The van der Waals surface area contributed by atoms with Crippen molar-refractivity contribution in [3.05, 3.63) is 59.2 Å². The fourth-order valence-electron chi connectivity index (χ4n) is 3.97. The number of unbranched alkanes of at least 4 members (excludes halogenated alkanes) is 1. The van der Waals surface area contributed by atoms with Crippen molar-refractivity contribution in [2.75, 3.05) is 30.0 Å². The van der Waals surface area contributed by atoms with E-state index in [-0.39, 0.29) is 5.57 Å². The molecule has 4 amide bonds. The zero-order valence-corrected chi connectivity index (χ0v) is 17.7. The fraction of sp³-hybridized carbons (Fsp3) is 0.292. The number of imide groups is 2. The Morgan fingerprint density at radius 3 is 2.74 bits per heavy atom. The van der Waals surface area contributed by atoms with Gasteiger partial charge in [-0.1, -0.05) is 25.5 Å². The first kappa shape index (κ1) is 20.7. The number of nitrogens with one attached hydrogen (secondary N) is 1. The number of fused-ring (bicyclic) bond motifs is 1. The normalized spacial score (nSPS) is 17.2. The van der Waals surface area contributed by atoms with Crippen LogP contribution in [-0.2, 0) is 16.0 Å². The van der Waals surface area contributed by atoms with Gasteiger partial charge >= 0.3 is 6.03 Å². The molecule has 0 saturated carbocycles. The maximum atomic E-state index is 13.1. The lowest BCUT2D eigenvalue weighted by atomic mass is 10.0. The van der Waals surface area contributed by atoms with E-state index >= 15 is 0 Å². The topological polar surface area (TPSA) is 79.0 Å². The summed E-state index contributed by atoms with van der Waals surface area (Å²) < 4.78 is 5.18. The largest absolute Gasteiger partial charge is 0.497 e. The van der Waals surface area contributed by atoms with Gasteiger partial charge in [0.15, 0.2) is 0 Å². The van der Waals surface area contributed by atoms with Crippen LogP contribution in [0.15, 0.2) is 48.0 Å². The summed E-state index contributed by atoms with van der Waals surface area (Å²) in [6, 6.07) is 11.8. The van der Waals surface area contributed by atoms with E-state index in [1.165, 1.54) is 18.4 Å². The van der Waals surface area contributed by atoms with Crippen molar-refractivity contribution in [1.82, 2.24) is 5.32 Å². The van der Waals surface area contributed by atoms with Crippen LogP contribution in [-0.4, -0.2) is 38.0 Å². The molecule has 7 heteroatoms. The van der Waals surface area contributed by atoms with Crippen molar-refractivity contribution in [3.63, 3.8) is 0 Å². The molecule has 0 radical (unpaired) electrons. The van der Waals surface area contributed by atoms with Crippen LogP contribution in [0.2, 0.25) is 0 Å². The molecular formula is C24H25N3O4. The van der Waals surface area contributed by atoms with E-state index < -0.39 is 17.8 Å². The van der Waals surface area contributed by atoms with E-state index in [0.29, 0.717) is 11.4 Å². The van der Waals surface area contributed by atoms with Crippen molar-refractivity contribution in [3.8, 4) is 5.75 Å². The van der Waals surface area contributed by atoms with Gasteiger partial charge in [0.2, 0.25) is 0 Å². The lowest BCUT2D eigenvalue weighted by molar-refractivity contribution is -0.122. The van der Waals surface area contributed by atoms with Gasteiger partial charge in [-0.15, -0.1) is 0 Å². The number of amides is 4. The molecule has 4 rings (SSSR count). The predicted octanol–water partition coefficient (Wildman–Crippen LogP) is 3.52. The number of rotatable bonds is 6. The molecule has 2 heterocycles. The lowest BCUT2D eigenvalue weighted by Crippen LogP contribution is -2.54. The highest BCUT2D eigenvalue weighted by Gasteiger charge is 2.37. The van der Waals surface area contributed by atoms with Crippen molar-refractivity contribution in [1.29, 1.82) is 0 Å². The second kappa shape index (κ2) is 8.63. The van der Waals surface area contributed by atoms with E-state index in [0.717, 1.165) is 42.8 Å². The maximum Gasteiger partial charge on any atom is 0.335 e. The standard InChI is InChI=1S/C24H25N3O4/c1-3-4-11-26-12-10-17-13-16(8-9-21(17)26)14-20-22(28)25-24(30)27(23(20)29)18-6-5-7-19(15-18)31-2/h5-9,13-15H,3-4,10-12H2,1-2H3,(H,25,28,30)/b20-14-. The zero-order valence-electron chi connectivity index (χ0n) is 17.7. The third kappa shape index (κ3) is 4.03. The van der Waals surface area contributed by atoms with Gasteiger partial charge in [-0.3, -0.25) is 14.9 Å². The van der Waals surface area contributed by atoms with Crippen molar-refractivity contribution >= 4 is 35.3 Å². The van der Waals surface area contributed by atoms with Crippen LogP contribution in [0.5, 0.6) is 5.75 Å². The molecule has 2 aromatic carbocycles. The number of carbonyl (C=O) groups is 3. The Kier molecular flexibility index (Phi) is 5.75. The van der Waals surface area contributed by atoms with Crippen LogP contribution >= 0.6 is 0 Å². The number of ether oxygens (including phenoxy) is 1. The van der Waals surface area contributed by atoms with E-state index in [1.807, 2.05) is 18.2 Å². The van der Waals surface area contributed by atoms with Crippen LogP contribution in [0, 0.1) is 0 Å². The molecule has 0 spiro atoms. The summed E-state index contributed by atoms with van der Waals surface area (Å²) in [5, 5.41) is 2.26. The average Bonchev–Trinajstić information content (AvgIpc) is 3.17. The number of urea groups is 1. The molecule has 160 valence electrons. The molecule has 1 N–H and O–H groups in total. The minimum Gasteiger partial charge on any atom is -0.497 e. The molecule has 2 aliphatic heterocycles. The van der Waals surface area contributed by atoms with Gasteiger partial charge in [0.1, 0.15) is 11.3 Å². The third-order valence-corrected chi connectivity index (χ3v) is 5.60. The Hall–Kier alpha value is -3.61. The predicted molar refractivity (Wildman–Crippen MR) is 119 cm³/mol. The van der Waals surface area contributed by atoms with E-state index in [2.05, 4.69) is 17.1 Å². The number of nitrogens with zero attached hydrogens (tertiary/aromatic N) is 2. The number of hydrogen-bond acceptors (Lipinski definition) is 5. The second-order valence-electron chi connectivity index (χ2n) is 7.64. The molecule has 0 unspecified atom stereocenters. The summed E-state index contributed by atoms with van der Waals surface area (Å²) in [6.07, 6.45) is 4.78. The number of hydrogen-bond donors (Lipinski definition) is 1. The first-order valence-electron chi connectivity index (χ1n) is 10.4. The summed E-state index contributed by atoms with van der Waals surface area (Å²) in [5.41, 5.74) is 3.43. The first-order valence-corrected chi connectivity index (χ1v) is 10.4. The molecule has 0 aromatic heterocycles. The Morgan fingerprint density at radius 1 is 1.13 bits per heavy atom. The number of anilines is 2. The van der Waals surface area contributed by atoms with Crippen molar-refractivity contribution in [2.45, 2.75) is 26.2 Å². The van der Waals surface area contributed by atoms with E-state index in [1.54, 1.807) is 30.3 Å². The Balaban J connectivity index is 1.63. The summed E-state index contributed by atoms with van der Waals surface area (Å²) in [4.78, 5) is 41.2. The van der Waals surface area contributed by atoms with Crippen molar-refractivity contribution < 1.29 is 19.1 Å². The van der Waals surface area contributed by atoms with Gasteiger partial charge in [0.25, 0.3) is 11.8 Å². The monoisotopic (exact) mass is 419 g/mol. The molecule has 7 nitrogen and oxygen atoms in total. The van der Waals surface area contributed by atoms with Gasteiger partial charge in [-0.25, -0.2) is 9.69 Å². The quantitative estimate of drug-likeness (QED) is 0.573. The van der Waals surface area contributed by atoms with Crippen LogP contribution in [0.1, 0.15) is 30.9 Å². The zero-order chi connectivity index (χ0) is 22.0. The maximum absolute atomic E-state index is 13.1. The lowest BCUT2D eigenvalue weighted by Gasteiger charge is -2.26. The molecule has 1 fully saturated rings. The Labute approximate surface area is 181 Å². The molecule has 2 aromatic rings. The first-order chi connectivity index (χ1) is 15.0. The number of barbiturate groups is 1. The Bertz CT molecular complexity index is 1080. The van der Waals surface area contributed by atoms with Gasteiger partial charge in [0, 0.05) is 24.8 Å². The number of methoxy groups -OCH3 is 1. The van der Waals surface area contributed by atoms with Crippen molar-refractivity contribution in [2.24, 2.45) is 0 Å². The Morgan fingerprint density at radius 2 is 1.97 bits per heavy atom. The van der Waals surface area contributed by atoms with Gasteiger partial charge in [0.05, 0.1) is 12.8 Å². The minimum absolute atomic E-state index is 0.0804. The average molecular weight is 419 g/mol. The SMILES string of the molecule is CCCCN1CCc2cc(/C=C3/C(=O)NC(=O)N(c4cccc(OC)c4)C3=O)ccc21. The molecule has 1 saturated heterocycles. The molecule has 2 aliphatic rings. The summed E-state index contributed by atoms with van der Waals surface area (Å²) in [5.74, 6) is -0.849. The highest BCUT2D eigenvalue weighted by Crippen LogP contribution is 2.30. The van der Waals surface area contributed by atoms with Gasteiger partial charge in [-0.2, -0.15) is 0 Å². The highest BCUT2D eigenvalue weighted by molar-refractivity contribution is 6.39. The van der Waals surface area contributed by atoms with Crippen LogP contribution in [0.4, 0.5) is 16.2 Å². The van der Waals surface area contributed by atoms with Crippen LogP contribution in [0.25, 0.3) is 6.08 Å². The minimum atomic E-state index is -0.777. The summed E-state index contributed by atoms with van der Waals surface area (Å²) in [6.45, 7) is 4.19.